The molecule has 0 saturated carbocycles. The highest BCUT2D eigenvalue weighted by molar-refractivity contribution is 5.80. The molecule has 0 spiro atoms. The zero-order valence-corrected chi connectivity index (χ0v) is 8.63. The molecule has 0 bridgehead atoms. The lowest BCUT2D eigenvalue weighted by Crippen LogP contribution is -2.41. The summed E-state index contributed by atoms with van der Waals surface area (Å²) in [6.45, 7) is 6.94. The Kier molecular flexibility index (Phi) is 4.95. The van der Waals surface area contributed by atoms with Crippen LogP contribution in [0.15, 0.2) is 0 Å². The van der Waals surface area contributed by atoms with E-state index in [1.807, 2.05) is 6.92 Å². The molecule has 0 rings (SSSR count). The van der Waals surface area contributed by atoms with Gasteiger partial charge >= 0.3 is 0 Å². The monoisotopic (exact) mass is 188 g/mol. The van der Waals surface area contributed by atoms with Gasteiger partial charge < -0.3 is 16.2 Å². The lowest BCUT2D eigenvalue weighted by atomic mass is 9.92. The molecule has 0 aliphatic rings. The first-order valence-electron chi connectivity index (χ1n) is 4.51. The first-order chi connectivity index (χ1) is 5.90. The molecular formula is C9H20N2O2. The van der Waals surface area contributed by atoms with Crippen LogP contribution < -0.4 is 11.1 Å². The highest BCUT2D eigenvalue weighted by Gasteiger charge is 2.24. The lowest BCUT2D eigenvalue weighted by Gasteiger charge is -2.21. The molecule has 0 aromatic carbocycles. The second-order valence-electron chi connectivity index (χ2n) is 4.17. The number of carbonyl (C=O) groups excluding carboxylic acids is 1. The van der Waals surface area contributed by atoms with Crippen LogP contribution in [0.2, 0.25) is 0 Å². The van der Waals surface area contributed by atoms with Crippen LogP contribution in [0.25, 0.3) is 0 Å². The molecule has 0 heterocycles. The highest BCUT2D eigenvalue weighted by atomic mass is 16.3. The van der Waals surface area contributed by atoms with E-state index >= 15 is 0 Å². The maximum atomic E-state index is 10.9. The Labute approximate surface area is 79.5 Å². The van der Waals surface area contributed by atoms with Gasteiger partial charge in [-0.25, -0.2) is 0 Å². The number of aliphatic hydroxyl groups is 1. The van der Waals surface area contributed by atoms with Crippen LogP contribution in [0, 0.1) is 11.3 Å². The van der Waals surface area contributed by atoms with Crippen molar-refractivity contribution in [1.82, 2.24) is 5.32 Å². The molecule has 78 valence electrons. The van der Waals surface area contributed by atoms with Crippen molar-refractivity contribution in [3.63, 3.8) is 0 Å². The van der Waals surface area contributed by atoms with Gasteiger partial charge in [0.15, 0.2) is 0 Å². The van der Waals surface area contributed by atoms with Gasteiger partial charge in [0, 0.05) is 13.2 Å². The summed E-state index contributed by atoms with van der Waals surface area (Å²) >= 11 is 0. The number of nitrogens with one attached hydrogen (secondary N) is 1. The van der Waals surface area contributed by atoms with Crippen molar-refractivity contribution in [1.29, 1.82) is 0 Å². The van der Waals surface area contributed by atoms with Crippen LogP contribution in [0.5, 0.6) is 0 Å². The fourth-order valence-corrected chi connectivity index (χ4v) is 0.783. The summed E-state index contributed by atoms with van der Waals surface area (Å²) in [4.78, 5) is 10.9. The summed E-state index contributed by atoms with van der Waals surface area (Å²) in [6.07, 6.45) is 0. The minimum Gasteiger partial charge on any atom is -0.396 e. The van der Waals surface area contributed by atoms with E-state index in [9.17, 15) is 4.79 Å². The molecule has 4 nitrogen and oxygen atoms in total. The Hall–Kier alpha value is -0.610. The van der Waals surface area contributed by atoms with E-state index in [0.717, 1.165) is 0 Å². The van der Waals surface area contributed by atoms with Crippen molar-refractivity contribution in [3.8, 4) is 0 Å². The predicted molar refractivity (Wildman–Crippen MR) is 52.1 cm³/mol. The van der Waals surface area contributed by atoms with Crippen LogP contribution in [-0.4, -0.2) is 30.7 Å². The molecule has 0 aromatic rings. The minimum atomic E-state index is -0.519. The number of aliphatic hydroxyl groups excluding tert-OH is 1. The second-order valence-corrected chi connectivity index (χ2v) is 4.17. The van der Waals surface area contributed by atoms with Gasteiger partial charge in [-0.1, -0.05) is 6.92 Å². The van der Waals surface area contributed by atoms with Crippen LogP contribution in [0.1, 0.15) is 20.8 Å². The standard InChI is InChI=1S/C9H20N2O2/c1-7(5-12)4-11-6-9(2,3)8(10)13/h7,11-12H,4-6H2,1-3H3,(H2,10,13). The average Bonchev–Trinajstić information content (AvgIpc) is 2.03. The summed E-state index contributed by atoms with van der Waals surface area (Å²) in [7, 11) is 0. The highest BCUT2D eigenvalue weighted by Crippen LogP contribution is 2.11. The number of hydrogen-bond donors (Lipinski definition) is 3. The van der Waals surface area contributed by atoms with Crippen molar-refractivity contribution in [2.75, 3.05) is 19.7 Å². The molecule has 0 fully saturated rings. The SMILES string of the molecule is CC(CO)CNCC(C)(C)C(N)=O. The molecule has 0 aliphatic carbocycles. The fraction of sp³-hybridized carbons (Fsp3) is 0.889. The first kappa shape index (κ1) is 12.4. The summed E-state index contributed by atoms with van der Waals surface area (Å²) in [5.74, 6) is -0.0969. The zero-order chi connectivity index (χ0) is 10.5. The van der Waals surface area contributed by atoms with Gasteiger partial charge in [0.1, 0.15) is 0 Å². The number of amides is 1. The summed E-state index contributed by atoms with van der Waals surface area (Å²) in [6, 6.07) is 0. The zero-order valence-electron chi connectivity index (χ0n) is 8.63. The Balaban J connectivity index is 3.70. The van der Waals surface area contributed by atoms with Crippen molar-refractivity contribution >= 4 is 5.91 Å². The Morgan fingerprint density at radius 2 is 2.15 bits per heavy atom. The third-order valence-corrected chi connectivity index (χ3v) is 2.04. The fourth-order valence-electron chi connectivity index (χ4n) is 0.783. The van der Waals surface area contributed by atoms with Crippen molar-refractivity contribution in [2.45, 2.75) is 20.8 Å². The molecule has 4 N–H and O–H groups in total. The molecule has 13 heavy (non-hydrogen) atoms. The summed E-state index contributed by atoms with van der Waals surface area (Å²) < 4.78 is 0. The Morgan fingerprint density at radius 3 is 2.54 bits per heavy atom. The lowest BCUT2D eigenvalue weighted by molar-refractivity contribution is -0.125. The van der Waals surface area contributed by atoms with E-state index in [1.54, 1.807) is 13.8 Å². The third-order valence-electron chi connectivity index (χ3n) is 2.04. The molecule has 0 saturated heterocycles. The van der Waals surface area contributed by atoms with Gasteiger partial charge in [0.25, 0.3) is 0 Å². The van der Waals surface area contributed by atoms with Crippen molar-refractivity contribution < 1.29 is 9.90 Å². The van der Waals surface area contributed by atoms with E-state index in [-0.39, 0.29) is 18.4 Å². The van der Waals surface area contributed by atoms with E-state index in [2.05, 4.69) is 5.32 Å². The molecule has 0 aromatic heterocycles. The van der Waals surface area contributed by atoms with E-state index in [4.69, 9.17) is 10.8 Å². The average molecular weight is 188 g/mol. The maximum absolute atomic E-state index is 10.9. The van der Waals surface area contributed by atoms with Crippen LogP contribution in [0.4, 0.5) is 0 Å². The van der Waals surface area contributed by atoms with Crippen LogP contribution >= 0.6 is 0 Å². The summed E-state index contributed by atoms with van der Waals surface area (Å²) in [5.41, 5.74) is 4.67. The molecule has 4 heteroatoms. The van der Waals surface area contributed by atoms with Crippen LogP contribution in [0.3, 0.4) is 0 Å². The Bertz CT molecular complexity index is 169. The topological polar surface area (TPSA) is 75.3 Å². The maximum Gasteiger partial charge on any atom is 0.224 e. The molecule has 0 radical (unpaired) electrons. The number of rotatable bonds is 6. The van der Waals surface area contributed by atoms with Gasteiger partial charge in [-0.2, -0.15) is 0 Å². The van der Waals surface area contributed by atoms with Crippen molar-refractivity contribution in [3.05, 3.63) is 0 Å². The quantitative estimate of drug-likeness (QED) is 0.536. The number of hydrogen-bond acceptors (Lipinski definition) is 3. The molecule has 1 atom stereocenters. The predicted octanol–water partition coefficient (Wildman–Crippen LogP) is -0.284. The van der Waals surface area contributed by atoms with Gasteiger partial charge in [0.2, 0.25) is 5.91 Å². The van der Waals surface area contributed by atoms with Gasteiger partial charge in [0.05, 0.1) is 5.41 Å². The summed E-state index contributed by atoms with van der Waals surface area (Å²) in [5, 5.41) is 11.8. The first-order valence-corrected chi connectivity index (χ1v) is 4.51. The van der Waals surface area contributed by atoms with Gasteiger partial charge in [-0.05, 0) is 26.3 Å². The van der Waals surface area contributed by atoms with E-state index in [0.29, 0.717) is 13.1 Å². The number of primary amides is 1. The minimum absolute atomic E-state index is 0.157. The van der Waals surface area contributed by atoms with E-state index in [1.165, 1.54) is 0 Å². The Morgan fingerprint density at radius 1 is 1.62 bits per heavy atom. The largest absolute Gasteiger partial charge is 0.396 e. The molecule has 0 aliphatic heterocycles. The number of carbonyl (C=O) groups is 1. The smallest absolute Gasteiger partial charge is 0.224 e. The third kappa shape index (κ3) is 4.85. The van der Waals surface area contributed by atoms with Gasteiger partial charge in [-0.15, -0.1) is 0 Å². The molecule has 1 amide bonds. The van der Waals surface area contributed by atoms with E-state index < -0.39 is 5.41 Å². The normalized spacial score (nSPS) is 14.2. The second kappa shape index (κ2) is 5.19. The molecule has 1 unspecified atom stereocenters. The van der Waals surface area contributed by atoms with Crippen LogP contribution in [-0.2, 0) is 4.79 Å². The number of nitrogens with two attached hydrogens (primary N) is 1. The van der Waals surface area contributed by atoms with Crippen molar-refractivity contribution in [2.24, 2.45) is 17.1 Å². The molecular weight excluding hydrogens is 168 g/mol. The van der Waals surface area contributed by atoms with Gasteiger partial charge in [-0.3, -0.25) is 4.79 Å².